The maximum atomic E-state index is 12.9. The number of hydrazone groups is 1. The van der Waals surface area contributed by atoms with Crippen molar-refractivity contribution in [3.8, 4) is 17.2 Å². The molecule has 0 radical (unpaired) electrons. The Morgan fingerprint density at radius 1 is 0.829 bits per heavy atom. The van der Waals surface area contributed by atoms with Gasteiger partial charge in [-0.05, 0) is 55.0 Å². The molecule has 180 valence electrons. The lowest BCUT2D eigenvalue weighted by atomic mass is 10.1. The molecule has 0 saturated carbocycles. The zero-order chi connectivity index (χ0) is 24.5. The van der Waals surface area contributed by atoms with Crippen LogP contribution in [0.4, 0.5) is 5.69 Å². The molecular formula is C28H28N2O5. The molecule has 3 aromatic rings. The Morgan fingerprint density at radius 3 is 2.23 bits per heavy atom. The average Bonchev–Trinajstić information content (AvgIpc) is 3.18. The minimum atomic E-state index is -0.165. The number of ether oxygens (including phenoxy) is 4. The SMILES string of the molecule is COc1cc(C=C2C(=O)N(c3ccccc3)N=C2C)ccc1OCCOCCOc1ccccc1. The number of hydrogen-bond donors (Lipinski definition) is 0. The number of carbonyl (C=O) groups is 1. The second-order valence-corrected chi connectivity index (χ2v) is 7.73. The number of benzene rings is 3. The van der Waals surface area contributed by atoms with Gasteiger partial charge in [0, 0.05) is 0 Å². The summed E-state index contributed by atoms with van der Waals surface area (Å²) in [6, 6.07) is 24.5. The van der Waals surface area contributed by atoms with E-state index in [-0.39, 0.29) is 5.91 Å². The van der Waals surface area contributed by atoms with Crippen molar-refractivity contribution in [3.05, 3.63) is 90.0 Å². The smallest absolute Gasteiger partial charge is 0.280 e. The van der Waals surface area contributed by atoms with Crippen LogP contribution in [0.1, 0.15) is 12.5 Å². The number of amides is 1. The fourth-order valence-corrected chi connectivity index (χ4v) is 3.54. The summed E-state index contributed by atoms with van der Waals surface area (Å²) in [6.45, 7) is 3.56. The predicted octanol–water partition coefficient (Wildman–Crippen LogP) is 4.98. The van der Waals surface area contributed by atoms with Gasteiger partial charge in [-0.25, -0.2) is 0 Å². The normalized spacial score (nSPS) is 14.2. The van der Waals surface area contributed by atoms with Gasteiger partial charge in [0.05, 0.1) is 37.3 Å². The number of nitrogens with zero attached hydrogens (tertiary/aromatic N) is 2. The van der Waals surface area contributed by atoms with E-state index in [0.717, 1.165) is 17.0 Å². The standard InChI is InChI=1S/C28H28N2O5/c1-21-25(28(31)30(29-21)23-9-5-3-6-10-23)19-22-13-14-26(27(20-22)32-2)35-18-16-33-15-17-34-24-11-7-4-8-12-24/h3-14,19-20H,15-18H2,1-2H3. The molecule has 0 spiro atoms. The van der Waals surface area contributed by atoms with Crippen molar-refractivity contribution >= 4 is 23.4 Å². The molecule has 1 heterocycles. The van der Waals surface area contributed by atoms with Gasteiger partial charge >= 0.3 is 0 Å². The number of hydrogen-bond acceptors (Lipinski definition) is 6. The van der Waals surface area contributed by atoms with Crippen molar-refractivity contribution in [1.82, 2.24) is 0 Å². The van der Waals surface area contributed by atoms with E-state index in [1.54, 1.807) is 7.11 Å². The number of rotatable bonds is 11. The summed E-state index contributed by atoms with van der Waals surface area (Å²) >= 11 is 0. The summed E-state index contributed by atoms with van der Waals surface area (Å²) in [5.41, 5.74) is 2.74. The van der Waals surface area contributed by atoms with Gasteiger partial charge in [-0.3, -0.25) is 4.79 Å². The van der Waals surface area contributed by atoms with Gasteiger partial charge in [-0.2, -0.15) is 10.1 Å². The fourth-order valence-electron chi connectivity index (χ4n) is 3.54. The van der Waals surface area contributed by atoms with Crippen molar-refractivity contribution in [2.45, 2.75) is 6.92 Å². The topological polar surface area (TPSA) is 69.6 Å². The van der Waals surface area contributed by atoms with Gasteiger partial charge in [0.25, 0.3) is 5.91 Å². The second kappa shape index (κ2) is 11.9. The Balaban J connectivity index is 1.30. The van der Waals surface area contributed by atoms with E-state index in [9.17, 15) is 4.79 Å². The van der Waals surface area contributed by atoms with Gasteiger partial charge in [0.15, 0.2) is 11.5 Å². The van der Waals surface area contributed by atoms with Crippen LogP contribution >= 0.6 is 0 Å². The molecular weight excluding hydrogens is 444 g/mol. The molecule has 0 atom stereocenters. The van der Waals surface area contributed by atoms with E-state index in [2.05, 4.69) is 5.10 Å². The predicted molar refractivity (Wildman–Crippen MR) is 136 cm³/mol. The molecule has 0 N–H and O–H groups in total. The molecule has 7 heteroatoms. The first-order chi connectivity index (χ1) is 17.2. The summed E-state index contributed by atoms with van der Waals surface area (Å²) < 4.78 is 22.5. The Hall–Kier alpha value is -4.10. The Morgan fingerprint density at radius 2 is 1.51 bits per heavy atom. The molecule has 1 amide bonds. The van der Waals surface area contributed by atoms with Crippen LogP contribution < -0.4 is 19.2 Å². The van der Waals surface area contributed by atoms with Gasteiger partial charge < -0.3 is 18.9 Å². The number of para-hydroxylation sites is 2. The van der Waals surface area contributed by atoms with Crippen LogP contribution in [-0.2, 0) is 9.53 Å². The van der Waals surface area contributed by atoms with Crippen molar-refractivity contribution in [2.75, 3.05) is 38.5 Å². The van der Waals surface area contributed by atoms with Gasteiger partial charge in [0.2, 0.25) is 0 Å². The molecule has 1 aliphatic rings. The minimum absolute atomic E-state index is 0.165. The Kier molecular flexibility index (Phi) is 8.14. The molecule has 0 saturated heterocycles. The zero-order valence-electron chi connectivity index (χ0n) is 19.8. The highest BCUT2D eigenvalue weighted by atomic mass is 16.6. The first-order valence-corrected chi connectivity index (χ1v) is 11.4. The van der Waals surface area contributed by atoms with E-state index in [4.69, 9.17) is 18.9 Å². The monoisotopic (exact) mass is 472 g/mol. The first kappa shape index (κ1) is 24.0. The fraction of sp³-hybridized carbons (Fsp3) is 0.214. The third kappa shape index (κ3) is 6.28. The lowest BCUT2D eigenvalue weighted by molar-refractivity contribution is -0.114. The van der Waals surface area contributed by atoms with E-state index in [1.165, 1.54) is 5.01 Å². The molecule has 1 aliphatic heterocycles. The molecule has 7 nitrogen and oxygen atoms in total. The van der Waals surface area contributed by atoms with E-state index in [1.807, 2.05) is 91.9 Å². The van der Waals surface area contributed by atoms with Crippen LogP contribution in [0.25, 0.3) is 6.08 Å². The molecule has 0 fully saturated rings. The zero-order valence-corrected chi connectivity index (χ0v) is 19.8. The quantitative estimate of drug-likeness (QED) is 0.291. The van der Waals surface area contributed by atoms with Gasteiger partial charge in [-0.15, -0.1) is 0 Å². The largest absolute Gasteiger partial charge is 0.493 e. The summed E-state index contributed by atoms with van der Waals surface area (Å²) in [5, 5.41) is 5.84. The summed E-state index contributed by atoms with van der Waals surface area (Å²) in [4.78, 5) is 12.9. The van der Waals surface area contributed by atoms with Crippen LogP contribution in [0.2, 0.25) is 0 Å². The van der Waals surface area contributed by atoms with Crippen LogP contribution in [-0.4, -0.2) is 45.2 Å². The highest BCUT2D eigenvalue weighted by Gasteiger charge is 2.28. The Labute approximate surface area is 205 Å². The van der Waals surface area contributed by atoms with Crippen LogP contribution in [0, 0.1) is 0 Å². The molecule has 3 aromatic carbocycles. The van der Waals surface area contributed by atoms with E-state index >= 15 is 0 Å². The van der Waals surface area contributed by atoms with E-state index < -0.39 is 0 Å². The second-order valence-electron chi connectivity index (χ2n) is 7.73. The van der Waals surface area contributed by atoms with Gasteiger partial charge in [-0.1, -0.05) is 42.5 Å². The van der Waals surface area contributed by atoms with Gasteiger partial charge in [0.1, 0.15) is 19.0 Å². The number of carbonyl (C=O) groups excluding carboxylic acids is 1. The van der Waals surface area contributed by atoms with E-state index in [0.29, 0.717) is 49.2 Å². The highest BCUT2D eigenvalue weighted by Crippen LogP contribution is 2.30. The van der Waals surface area contributed by atoms with Crippen LogP contribution in [0.3, 0.4) is 0 Å². The maximum absolute atomic E-state index is 12.9. The molecule has 0 bridgehead atoms. The van der Waals surface area contributed by atoms with Crippen molar-refractivity contribution in [2.24, 2.45) is 5.10 Å². The summed E-state index contributed by atoms with van der Waals surface area (Å²) in [6.07, 6.45) is 1.81. The van der Waals surface area contributed by atoms with Crippen LogP contribution in [0.15, 0.2) is 89.5 Å². The first-order valence-electron chi connectivity index (χ1n) is 11.4. The number of anilines is 1. The molecule has 35 heavy (non-hydrogen) atoms. The van der Waals surface area contributed by atoms with Crippen LogP contribution in [0.5, 0.6) is 17.2 Å². The molecule has 4 rings (SSSR count). The van der Waals surface area contributed by atoms with Crippen molar-refractivity contribution in [1.29, 1.82) is 0 Å². The molecule has 0 aliphatic carbocycles. The summed E-state index contributed by atoms with van der Waals surface area (Å²) in [7, 11) is 1.58. The van der Waals surface area contributed by atoms with Crippen molar-refractivity contribution in [3.63, 3.8) is 0 Å². The average molecular weight is 473 g/mol. The Bertz CT molecular complexity index is 1190. The lowest BCUT2D eigenvalue weighted by Crippen LogP contribution is -2.21. The minimum Gasteiger partial charge on any atom is -0.493 e. The third-order valence-corrected chi connectivity index (χ3v) is 5.29. The highest BCUT2D eigenvalue weighted by molar-refractivity contribution is 6.32. The number of methoxy groups -OCH3 is 1. The van der Waals surface area contributed by atoms with Crippen molar-refractivity contribution < 1.29 is 23.7 Å². The lowest BCUT2D eigenvalue weighted by Gasteiger charge is -2.12. The summed E-state index contributed by atoms with van der Waals surface area (Å²) in [5.74, 6) is 1.83. The third-order valence-electron chi connectivity index (χ3n) is 5.29. The molecule has 0 unspecified atom stereocenters. The maximum Gasteiger partial charge on any atom is 0.280 e. The molecule has 0 aromatic heterocycles.